The third kappa shape index (κ3) is 4.30. The monoisotopic (exact) mass is 290 g/mol. The van der Waals surface area contributed by atoms with Crippen molar-refractivity contribution >= 4 is 21.9 Å². The third-order valence-electron chi connectivity index (χ3n) is 2.11. The second-order valence-corrected chi connectivity index (χ2v) is 5.35. The Bertz CT molecular complexity index is 602. The molecule has 1 amide bonds. The lowest BCUT2D eigenvalue weighted by Crippen LogP contribution is -2.43. The van der Waals surface area contributed by atoms with Crippen molar-refractivity contribution in [3.63, 3.8) is 0 Å². The number of carboxylic acid groups (broad SMARTS) is 1. The number of carbonyl (C=O) groups is 2. The van der Waals surface area contributed by atoms with Crippen LogP contribution in [0.5, 0.6) is 0 Å². The van der Waals surface area contributed by atoms with Gasteiger partial charge in [-0.2, -0.15) is 4.72 Å². The molecule has 4 N–H and O–H groups in total. The van der Waals surface area contributed by atoms with Crippen LogP contribution in [0.3, 0.4) is 0 Å². The van der Waals surface area contributed by atoms with Crippen LogP contribution >= 0.6 is 0 Å². The van der Waals surface area contributed by atoms with E-state index in [1.54, 1.807) is 4.72 Å². The van der Waals surface area contributed by atoms with Crippen molar-refractivity contribution in [1.82, 2.24) is 4.72 Å². The predicted molar refractivity (Wildman–Crippen MR) is 62.0 cm³/mol. The highest BCUT2D eigenvalue weighted by Crippen LogP contribution is 2.11. The smallest absolute Gasteiger partial charge is 0.322 e. The number of aliphatic carboxylic acids is 1. The number of carbonyl (C=O) groups excluding carboxylic acids is 1. The Morgan fingerprint density at radius 2 is 2.05 bits per heavy atom. The molecule has 1 rings (SSSR count). The van der Waals surface area contributed by atoms with Crippen LogP contribution in [0.15, 0.2) is 29.2 Å². The number of hydrogen-bond donors (Lipinski definition) is 3. The van der Waals surface area contributed by atoms with E-state index in [1.807, 2.05) is 0 Å². The van der Waals surface area contributed by atoms with Crippen molar-refractivity contribution in [1.29, 1.82) is 0 Å². The average Bonchev–Trinajstić information content (AvgIpc) is 2.27. The molecule has 1 aromatic rings. The van der Waals surface area contributed by atoms with Crippen molar-refractivity contribution in [2.24, 2.45) is 5.73 Å². The van der Waals surface area contributed by atoms with Crippen molar-refractivity contribution in [3.8, 4) is 0 Å². The molecule has 0 radical (unpaired) electrons. The van der Waals surface area contributed by atoms with Crippen LogP contribution in [-0.2, 0) is 19.6 Å². The molecule has 1 atom stereocenters. The first-order chi connectivity index (χ1) is 8.72. The summed E-state index contributed by atoms with van der Waals surface area (Å²) in [6.45, 7) is 0. The minimum absolute atomic E-state index is 0.441. The molecule has 1 aromatic carbocycles. The van der Waals surface area contributed by atoms with Crippen molar-refractivity contribution in [2.75, 3.05) is 0 Å². The zero-order chi connectivity index (χ0) is 14.6. The summed E-state index contributed by atoms with van der Waals surface area (Å²) in [7, 11) is -4.25. The lowest BCUT2D eigenvalue weighted by atomic mass is 10.2. The van der Waals surface area contributed by atoms with Gasteiger partial charge in [-0.3, -0.25) is 9.59 Å². The van der Waals surface area contributed by atoms with Gasteiger partial charge in [0.05, 0.1) is 11.3 Å². The first-order valence-corrected chi connectivity index (χ1v) is 6.49. The van der Waals surface area contributed by atoms with Gasteiger partial charge in [0.2, 0.25) is 15.9 Å². The van der Waals surface area contributed by atoms with Gasteiger partial charge in [-0.1, -0.05) is 6.07 Å². The molecule has 19 heavy (non-hydrogen) atoms. The first kappa shape index (κ1) is 15.1. The Balaban J connectivity index is 3.00. The van der Waals surface area contributed by atoms with Gasteiger partial charge in [0.15, 0.2) is 0 Å². The van der Waals surface area contributed by atoms with Gasteiger partial charge in [0, 0.05) is 0 Å². The standard InChI is InChI=1S/C10H11FN2O5S/c11-6-2-1-3-7(4-6)19(17,18)13-8(10(15)16)5-9(12)14/h1-4,8,13H,5H2,(H2,12,14)(H,15,16)/t8-/m1/s1. The highest BCUT2D eigenvalue weighted by Gasteiger charge is 2.27. The number of sulfonamides is 1. The highest BCUT2D eigenvalue weighted by molar-refractivity contribution is 7.89. The maximum atomic E-state index is 12.9. The van der Waals surface area contributed by atoms with Gasteiger partial charge < -0.3 is 10.8 Å². The number of nitrogens with one attached hydrogen (secondary N) is 1. The maximum absolute atomic E-state index is 12.9. The largest absolute Gasteiger partial charge is 0.480 e. The number of rotatable bonds is 6. The van der Waals surface area contributed by atoms with Gasteiger partial charge in [0.25, 0.3) is 0 Å². The van der Waals surface area contributed by atoms with Crippen LogP contribution in [0.4, 0.5) is 4.39 Å². The Hall–Kier alpha value is -2.00. The molecular formula is C10H11FN2O5S. The van der Waals surface area contributed by atoms with E-state index in [9.17, 15) is 22.4 Å². The van der Waals surface area contributed by atoms with Crippen LogP contribution in [0, 0.1) is 5.82 Å². The molecule has 9 heteroatoms. The number of halogens is 1. The molecule has 0 aliphatic heterocycles. The lowest BCUT2D eigenvalue weighted by Gasteiger charge is -2.13. The fourth-order valence-corrected chi connectivity index (χ4v) is 2.49. The summed E-state index contributed by atoms with van der Waals surface area (Å²) >= 11 is 0. The lowest BCUT2D eigenvalue weighted by molar-refractivity contribution is -0.140. The fraction of sp³-hybridized carbons (Fsp3) is 0.200. The minimum atomic E-state index is -4.25. The van der Waals surface area contributed by atoms with Crippen molar-refractivity contribution in [3.05, 3.63) is 30.1 Å². The molecule has 0 heterocycles. The first-order valence-electron chi connectivity index (χ1n) is 5.01. The Kier molecular flexibility index (Phi) is 4.57. The number of hydrogen-bond acceptors (Lipinski definition) is 4. The second kappa shape index (κ2) is 5.76. The van der Waals surface area contributed by atoms with E-state index in [1.165, 1.54) is 0 Å². The van der Waals surface area contributed by atoms with E-state index in [2.05, 4.69) is 0 Å². The topological polar surface area (TPSA) is 127 Å². The fourth-order valence-electron chi connectivity index (χ4n) is 1.27. The Labute approximate surface area is 108 Å². The van der Waals surface area contributed by atoms with Gasteiger partial charge in [-0.25, -0.2) is 12.8 Å². The highest BCUT2D eigenvalue weighted by atomic mass is 32.2. The average molecular weight is 290 g/mol. The molecule has 0 saturated carbocycles. The van der Waals surface area contributed by atoms with Crippen LogP contribution in [0.2, 0.25) is 0 Å². The summed E-state index contributed by atoms with van der Waals surface area (Å²) in [6, 6.07) is 2.32. The van der Waals surface area contributed by atoms with Crippen LogP contribution in [-0.4, -0.2) is 31.4 Å². The summed E-state index contributed by atoms with van der Waals surface area (Å²) in [5.41, 5.74) is 4.82. The van der Waals surface area contributed by atoms with Crippen LogP contribution in [0.25, 0.3) is 0 Å². The van der Waals surface area contributed by atoms with Crippen molar-refractivity contribution in [2.45, 2.75) is 17.4 Å². The third-order valence-corrected chi connectivity index (χ3v) is 3.58. The summed E-state index contributed by atoms with van der Waals surface area (Å²) in [4.78, 5) is 21.0. The normalized spacial score (nSPS) is 12.9. The van der Waals surface area contributed by atoms with Gasteiger partial charge >= 0.3 is 5.97 Å². The maximum Gasteiger partial charge on any atom is 0.322 e. The molecule has 0 bridgehead atoms. The summed E-state index contributed by atoms with van der Waals surface area (Å²) in [5.74, 6) is -3.32. The number of nitrogens with two attached hydrogens (primary N) is 1. The van der Waals surface area contributed by atoms with E-state index in [-0.39, 0.29) is 0 Å². The molecular weight excluding hydrogens is 279 g/mol. The quantitative estimate of drug-likeness (QED) is 0.647. The SMILES string of the molecule is NC(=O)C[C@@H](NS(=O)(=O)c1cccc(F)c1)C(=O)O. The number of benzene rings is 1. The molecule has 104 valence electrons. The van der Waals surface area contributed by atoms with E-state index in [0.29, 0.717) is 0 Å². The van der Waals surface area contributed by atoms with Gasteiger partial charge in [-0.15, -0.1) is 0 Å². The predicted octanol–water partition coefficient (Wildman–Crippen LogP) is -0.567. The van der Waals surface area contributed by atoms with Crippen LogP contribution < -0.4 is 10.5 Å². The van der Waals surface area contributed by atoms with E-state index >= 15 is 0 Å². The Morgan fingerprint density at radius 3 is 2.53 bits per heavy atom. The zero-order valence-electron chi connectivity index (χ0n) is 9.54. The summed E-state index contributed by atoms with van der Waals surface area (Å²) in [6.07, 6.45) is -0.704. The molecule has 0 saturated heterocycles. The summed E-state index contributed by atoms with van der Waals surface area (Å²) < 4.78 is 38.3. The molecule has 0 aromatic heterocycles. The number of primary amides is 1. The van der Waals surface area contributed by atoms with Crippen molar-refractivity contribution < 1.29 is 27.5 Å². The molecule has 0 aliphatic rings. The minimum Gasteiger partial charge on any atom is -0.480 e. The molecule has 7 nitrogen and oxygen atoms in total. The molecule has 0 unspecified atom stereocenters. The zero-order valence-corrected chi connectivity index (χ0v) is 10.4. The van der Waals surface area contributed by atoms with E-state index in [4.69, 9.17) is 10.8 Å². The van der Waals surface area contributed by atoms with E-state index in [0.717, 1.165) is 24.3 Å². The number of carboxylic acids is 1. The summed E-state index contributed by atoms with van der Waals surface area (Å²) in [5, 5.41) is 8.78. The van der Waals surface area contributed by atoms with E-state index < -0.39 is 45.1 Å². The molecule has 0 aliphatic carbocycles. The Morgan fingerprint density at radius 1 is 1.42 bits per heavy atom. The second-order valence-electron chi connectivity index (χ2n) is 3.64. The molecule has 0 spiro atoms. The van der Waals surface area contributed by atoms with Gasteiger partial charge in [-0.05, 0) is 18.2 Å². The molecule has 0 fully saturated rings. The van der Waals surface area contributed by atoms with Gasteiger partial charge in [0.1, 0.15) is 11.9 Å². The number of amides is 1. The van der Waals surface area contributed by atoms with Crippen LogP contribution in [0.1, 0.15) is 6.42 Å².